The van der Waals surface area contributed by atoms with E-state index >= 15 is 0 Å². The minimum Gasteiger partial charge on any atom is -0.399 e. The van der Waals surface area contributed by atoms with Crippen molar-refractivity contribution in [1.29, 1.82) is 0 Å². The number of rotatable bonds is 3. The highest BCUT2D eigenvalue weighted by Crippen LogP contribution is 2.17. The summed E-state index contributed by atoms with van der Waals surface area (Å²) in [6.07, 6.45) is 2.22. The molecule has 0 spiro atoms. The van der Waals surface area contributed by atoms with E-state index in [2.05, 4.69) is 5.10 Å². The van der Waals surface area contributed by atoms with E-state index in [9.17, 15) is 5.11 Å². The van der Waals surface area contributed by atoms with Gasteiger partial charge >= 0.3 is 0 Å². The molecule has 3 N–H and O–H groups in total. The van der Waals surface area contributed by atoms with Crippen LogP contribution in [-0.2, 0) is 6.54 Å². The normalized spacial score (nSPS) is 13.2. The topological polar surface area (TPSA) is 64.1 Å². The number of fused-ring (bicyclic) bond motifs is 1. The minimum absolute atomic E-state index is 0.301. The summed E-state index contributed by atoms with van der Waals surface area (Å²) in [6.45, 7) is 2.49. The van der Waals surface area contributed by atoms with Crippen molar-refractivity contribution < 1.29 is 5.11 Å². The van der Waals surface area contributed by atoms with E-state index in [1.165, 1.54) is 0 Å². The second-order valence-electron chi connectivity index (χ2n) is 3.82. The molecule has 4 heteroatoms. The Labute approximate surface area is 88.3 Å². The third kappa shape index (κ3) is 2.10. The summed E-state index contributed by atoms with van der Waals surface area (Å²) in [6, 6.07) is 5.73. The second kappa shape index (κ2) is 3.90. The molecular weight excluding hydrogens is 190 g/mol. The van der Waals surface area contributed by atoms with Gasteiger partial charge in [0.05, 0.1) is 17.8 Å². The summed E-state index contributed by atoms with van der Waals surface area (Å²) in [5.74, 6) is 0. The molecule has 2 aromatic rings. The van der Waals surface area contributed by atoms with Crippen LogP contribution in [-0.4, -0.2) is 21.0 Å². The van der Waals surface area contributed by atoms with Crippen LogP contribution in [0.1, 0.15) is 13.3 Å². The Hall–Kier alpha value is -1.55. The fourth-order valence-electron chi connectivity index (χ4n) is 1.57. The molecule has 4 nitrogen and oxygen atoms in total. The molecule has 1 aromatic carbocycles. The quantitative estimate of drug-likeness (QED) is 0.744. The zero-order valence-corrected chi connectivity index (χ0v) is 8.72. The lowest BCUT2D eigenvalue weighted by Crippen LogP contribution is -2.07. The predicted octanol–water partition coefficient (Wildman–Crippen LogP) is 1.39. The molecule has 0 fully saturated rings. The van der Waals surface area contributed by atoms with Crippen LogP contribution in [0.2, 0.25) is 0 Å². The predicted molar refractivity (Wildman–Crippen MR) is 60.4 cm³/mol. The molecule has 80 valence electrons. The molecule has 0 aliphatic rings. The molecule has 0 aliphatic heterocycles. The van der Waals surface area contributed by atoms with Crippen LogP contribution >= 0.6 is 0 Å². The lowest BCUT2D eigenvalue weighted by Gasteiger charge is -2.05. The molecule has 0 aliphatic carbocycles. The number of aliphatic hydroxyl groups excluding tert-OH is 1. The van der Waals surface area contributed by atoms with Gasteiger partial charge < -0.3 is 10.8 Å². The lowest BCUT2D eigenvalue weighted by molar-refractivity contribution is 0.177. The number of hydrogen-bond acceptors (Lipinski definition) is 3. The highest BCUT2D eigenvalue weighted by molar-refractivity contribution is 5.81. The summed E-state index contributed by atoms with van der Waals surface area (Å²) in [4.78, 5) is 0. The molecule has 15 heavy (non-hydrogen) atoms. The van der Waals surface area contributed by atoms with Crippen LogP contribution in [0.5, 0.6) is 0 Å². The van der Waals surface area contributed by atoms with E-state index in [1.54, 1.807) is 6.92 Å². The standard InChI is InChI=1S/C11H15N3O/c1-8(15)4-5-14-11-6-10(12)3-2-9(11)7-13-14/h2-3,6-8,15H,4-5,12H2,1H3. The van der Waals surface area contributed by atoms with Crippen molar-refractivity contribution in [2.24, 2.45) is 0 Å². The molecule has 0 radical (unpaired) electrons. The van der Waals surface area contributed by atoms with Crippen LogP contribution in [0, 0.1) is 0 Å². The summed E-state index contributed by atoms with van der Waals surface area (Å²) in [5, 5.41) is 14.5. The smallest absolute Gasteiger partial charge is 0.0702 e. The maximum Gasteiger partial charge on any atom is 0.0702 e. The molecule has 0 saturated carbocycles. The Balaban J connectivity index is 2.31. The maximum atomic E-state index is 9.21. The van der Waals surface area contributed by atoms with Crippen molar-refractivity contribution >= 4 is 16.6 Å². The van der Waals surface area contributed by atoms with E-state index < -0.39 is 0 Å². The molecule has 2 rings (SSSR count). The highest BCUT2D eigenvalue weighted by atomic mass is 16.3. The number of hydrogen-bond donors (Lipinski definition) is 2. The van der Waals surface area contributed by atoms with Crippen molar-refractivity contribution in [2.45, 2.75) is 26.0 Å². The molecule has 1 unspecified atom stereocenters. The summed E-state index contributed by atoms with van der Waals surface area (Å²) >= 11 is 0. The number of aromatic nitrogens is 2. The van der Waals surface area contributed by atoms with Gasteiger partial charge in [0.15, 0.2) is 0 Å². The van der Waals surface area contributed by atoms with Crippen LogP contribution < -0.4 is 5.73 Å². The minimum atomic E-state index is -0.301. The molecule has 1 aromatic heterocycles. The number of nitrogens with two attached hydrogens (primary N) is 1. The average molecular weight is 205 g/mol. The lowest BCUT2D eigenvalue weighted by atomic mass is 10.2. The second-order valence-corrected chi connectivity index (χ2v) is 3.82. The Bertz CT molecular complexity index is 462. The largest absolute Gasteiger partial charge is 0.399 e. The summed E-state index contributed by atoms with van der Waals surface area (Å²) < 4.78 is 1.87. The van der Waals surface area contributed by atoms with E-state index in [0.29, 0.717) is 13.0 Å². The van der Waals surface area contributed by atoms with Gasteiger partial charge in [-0.2, -0.15) is 5.10 Å². The van der Waals surface area contributed by atoms with Crippen LogP contribution in [0.3, 0.4) is 0 Å². The fraction of sp³-hybridized carbons (Fsp3) is 0.364. The van der Waals surface area contributed by atoms with E-state index in [0.717, 1.165) is 16.6 Å². The van der Waals surface area contributed by atoms with E-state index in [-0.39, 0.29) is 6.10 Å². The first-order valence-electron chi connectivity index (χ1n) is 5.06. The van der Waals surface area contributed by atoms with Gasteiger partial charge in [0.25, 0.3) is 0 Å². The van der Waals surface area contributed by atoms with Gasteiger partial charge in [-0.05, 0) is 31.5 Å². The van der Waals surface area contributed by atoms with Crippen LogP contribution in [0.15, 0.2) is 24.4 Å². The van der Waals surface area contributed by atoms with Crippen molar-refractivity contribution in [2.75, 3.05) is 5.73 Å². The number of nitrogens with zero attached hydrogens (tertiary/aromatic N) is 2. The molecule has 0 bridgehead atoms. The van der Waals surface area contributed by atoms with Crippen molar-refractivity contribution in [3.8, 4) is 0 Å². The van der Waals surface area contributed by atoms with Crippen molar-refractivity contribution in [1.82, 2.24) is 9.78 Å². The Morgan fingerprint density at radius 1 is 1.53 bits per heavy atom. The zero-order chi connectivity index (χ0) is 10.8. The number of nitrogen functional groups attached to an aromatic ring is 1. The summed E-state index contributed by atoms with van der Waals surface area (Å²) in [5.41, 5.74) is 7.48. The van der Waals surface area contributed by atoms with Crippen molar-refractivity contribution in [3.63, 3.8) is 0 Å². The molecule has 0 saturated heterocycles. The monoisotopic (exact) mass is 205 g/mol. The fourth-order valence-corrected chi connectivity index (χ4v) is 1.57. The molecule has 1 atom stereocenters. The maximum absolute atomic E-state index is 9.21. The first-order chi connectivity index (χ1) is 7.16. The van der Waals surface area contributed by atoms with Gasteiger partial charge in [0, 0.05) is 17.6 Å². The van der Waals surface area contributed by atoms with Gasteiger partial charge in [-0.25, -0.2) is 0 Å². The third-order valence-corrected chi connectivity index (χ3v) is 2.43. The SMILES string of the molecule is CC(O)CCn1ncc2ccc(N)cc21. The number of aryl methyl sites for hydroxylation is 1. The average Bonchev–Trinajstić information content (AvgIpc) is 2.57. The zero-order valence-electron chi connectivity index (χ0n) is 8.72. The van der Waals surface area contributed by atoms with Crippen LogP contribution in [0.25, 0.3) is 10.9 Å². The summed E-state index contributed by atoms with van der Waals surface area (Å²) in [7, 11) is 0. The number of benzene rings is 1. The van der Waals surface area contributed by atoms with Gasteiger partial charge in [0.2, 0.25) is 0 Å². The van der Waals surface area contributed by atoms with Gasteiger partial charge in [-0.3, -0.25) is 4.68 Å². The Morgan fingerprint density at radius 3 is 3.07 bits per heavy atom. The molecular formula is C11H15N3O. The third-order valence-electron chi connectivity index (χ3n) is 2.43. The van der Waals surface area contributed by atoms with Crippen LogP contribution in [0.4, 0.5) is 5.69 Å². The van der Waals surface area contributed by atoms with Gasteiger partial charge in [-0.15, -0.1) is 0 Å². The van der Waals surface area contributed by atoms with E-state index in [4.69, 9.17) is 5.73 Å². The first kappa shape index (κ1) is 9.98. The van der Waals surface area contributed by atoms with E-state index in [1.807, 2.05) is 29.1 Å². The Morgan fingerprint density at radius 2 is 2.33 bits per heavy atom. The van der Waals surface area contributed by atoms with Gasteiger partial charge in [0.1, 0.15) is 0 Å². The molecule has 1 heterocycles. The van der Waals surface area contributed by atoms with Crippen molar-refractivity contribution in [3.05, 3.63) is 24.4 Å². The highest BCUT2D eigenvalue weighted by Gasteiger charge is 2.04. The number of anilines is 1. The first-order valence-corrected chi connectivity index (χ1v) is 5.06. The number of aliphatic hydroxyl groups is 1. The molecule has 0 amide bonds. The Kier molecular flexibility index (Phi) is 2.60. The van der Waals surface area contributed by atoms with Gasteiger partial charge in [-0.1, -0.05) is 0 Å².